The van der Waals surface area contributed by atoms with Gasteiger partial charge < -0.3 is 43.7 Å². The summed E-state index contributed by atoms with van der Waals surface area (Å²) >= 11 is 0. The van der Waals surface area contributed by atoms with Crippen LogP contribution in [0.2, 0.25) is 0 Å². The van der Waals surface area contributed by atoms with E-state index in [-0.39, 0.29) is 12.4 Å². The molecule has 0 bridgehead atoms. The van der Waals surface area contributed by atoms with Gasteiger partial charge in [0.2, 0.25) is 0 Å². The molecule has 0 aliphatic heterocycles. The zero-order valence-electron chi connectivity index (χ0n) is 6.84. The first-order valence-corrected chi connectivity index (χ1v) is 3.65. The number of halogens is 1. The maximum absolute atomic E-state index is 9.43. The van der Waals surface area contributed by atoms with Crippen molar-refractivity contribution >= 4 is 0 Å². The van der Waals surface area contributed by atoms with Crippen molar-refractivity contribution in [2.45, 2.75) is 30.0 Å². The molecule has 1 saturated carbocycles. The standard InChI is InChI=1S/C6H13NO5.ClH/c7-2-3(9)5(11)6(12,1-8)4(2)10;/h2-5,8-12H,1,7H2;1H/t2-,3-,4+,5+,6-;/m1./s1. The highest BCUT2D eigenvalue weighted by molar-refractivity contribution is 5.08. The smallest absolute Gasteiger partial charge is 0.148 e. The van der Waals surface area contributed by atoms with Gasteiger partial charge in [0.1, 0.15) is 30.0 Å². The largest absolute Gasteiger partial charge is 1.00 e. The van der Waals surface area contributed by atoms with Gasteiger partial charge in [0.25, 0.3) is 0 Å². The van der Waals surface area contributed by atoms with Crippen LogP contribution in [-0.4, -0.2) is 62.1 Å². The van der Waals surface area contributed by atoms with E-state index in [1.165, 1.54) is 0 Å². The van der Waals surface area contributed by atoms with Crippen LogP contribution < -0.4 is 18.1 Å². The Bertz CT molecular complexity index is 166. The van der Waals surface area contributed by atoms with Crippen LogP contribution in [0, 0.1) is 0 Å². The van der Waals surface area contributed by atoms with Gasteiger partial charge in [-0.25, -0.2) is 0 Å². The predicted octanol–water partition coefficient (Wildman–Crippen LogP) is -7.58. The average molecular weight is 216 g/mol. The van der Waals surface area contributed by atoms with Crippen LogP contribution in [0.3, 0.4) is 0 Å². The minimum absolute atomic E-state index is 0. The number of hydrogen-bond acceptors (Lipinski definition) is 5. The van der Waals surface area contributed by atoms with Crippen LogP contribution in [-0.2, 0) is 0 Å². The highest BCUT2D eigenvalue weighted by Gasteiger charge is 2.59. The molecule has 7 heteroatoms. The number of aliphatic hydroxyl groups is 5. The normalized spacial score (nSPS) is 50.3. The van der Waals surface area contributed by atoms with E-state index in [0.29, 0.717) is 0 Å². The van der Waals surface area contributed by atoms with E-state index in [4.69, 9.17) is 10.2 Å². The average Bonchev–Trinajstić information content (AvgIpc) is 2.22. The first kappa shape index (κ1) is 13.1. The van der Waals surface area contributed by atoms with Crippen molar-refractivity contribution in [1.82, 2.24) is 0 Å². The fourth-order valence-corrected chi connectivity index (χ4v) is 1.45. The summed E-state index contributed by atoms with van der Waals surface area (Å²) in [5.41, 5.74) is 1.31. The molecule has 0 spiro atoms. The minimum atomic E-state index is -2.05. The molecular weight excluding hydrogens is 202 g/mol. The van der Waals surface area contributed by atoms with Crippen LogP contribution >= 0.6 is 0 Å². The minimum Gasteiger partial charge on any atom is -1.00 e. The van der Waals surface area contributed by atoms with Gasteiger partial charge in [-0.15, -0.1) is 0 Å². The van der Waals surface area contributed by atoms with Crippen molar-refractivity contribution in [2.75, 3.05) is 6.61 Å². The number of rotatable bonds is 1. The van der Waals surface area contributed by atoms with Gasteiger partial charge in [-0.1, -0.05) is 0 Å². The van der Waals surface area contributed by atoms with Crippen LogP contribution in [0.4, 0.5) is 0 Å². The van der Waals surface area contributed by atoms with Crippen molar-refractivity contribution in [3.8, 4) is 0 Å². The molecule has 0 amide bonds. The van der Waals surface area contributed by atoms with Crippen LogP contribution in [0.5, 0.6) is 0 Å². The molecule has 13 heavy (non-hydrogen) atoms. The van der Waals surface area contributed by atoms with Gasteiger partial charge in [-0.3, -0.25) is 0 Å². The van der Waals surface area contributed by atoms with E-state index in [1.54, 1.807) is 0 Å². The van der Waals surface area contributed by atoms with Gasteiger partial charge in [-0.05, 0) is 0 Å². The molecule has 8 N–H and O–H groups in total. The molecule has 1 aliphatic rings. The van der Waals surface area contributed by atoms with Crippen molar-refractivity contribution in [3.05, 3.63) is 0 Å². The Balaban J connectivity index is 0.00000144. The van der Waals surface area contributed by atoms with Crippen LogP contribution in [0.1, 0.15) is 0 Å². The third-order valence-electron chi connectivity index (χ3n) is 2.45. The summed E-state index contributed by atoms with van der Waals surface area (Å²) in [5.74, 6) is 0. The molecule has 80 valence electrons. The van der Waals surface area contributed by atoms with Gasteiger partial charge in [-0.2, -0.15) is 0 Å². The summed E-state index contributed by atoms with van der Waals surface area (Å²) in [6.07, 6.45) is -4.27. The highest BCUT2D eigenvalue weighted by atomic mass is 35.5. The maximum Gasteiger partial charge on any atom is 0.148 e. The lowest BCUT2D eigenvalue weighted by Gasteiger charge is -2.26. The van der Waals surface area contributed by atoms with Crippen molar-refractivity contribution < 1.29 is 43.7 Å². The number of quaternary nitrogens is 1. The molecule has 5 atom stereocenters. The fraction of sp³-hybridized carbons (Fsp3) is 1.00. The lowest BCUT2D eigenvalue weighted by atomic mass is 9.98. The first-order valence-electron chi connectivity index (χ1n) is 3.65. The predicted molar refractivity (Wildman–Crippen MR) is 36.7 cm³/mol. The molecule has 0 aromatic carbocycles. The molecule has 1 fully saturated rings. The van der Waals surface area contributed by atoms with Gasteiger partial charge >= 0.3 is 0 Å². The van der Waals surface area contributed by atoms with Crippen LogP contribution in [0.25, 0.3) is 0 Å². The Morgan fingerprint density at radius 1 is 1.15 bits per heavy atom. The van der Waals surface area contributed by atoms with Gasteiger partial charge in [0, 0.05) is 0 Å². The summed E-state index contributed by atoms with van der Waals surface area (Å²) in [7, 11) is 0. The van der Waals surface area contributed by atoms with Crippen molar-refractivity contribution in [2.24, 2.45) is 0 Å². The van der Waals surface area contributed by atoms with E-state index in [9.17, 15) is 15.3 Å². The molecule has 0 radical (unpaired) electrons. The van der Waals surface area contributed by atoms with E-state index in [2.05, 4.69) is 5.73 Å². The number of hydrogen-bond donors (Lipinski definition) is 6. The molecule has 0 aromatic rings. The quantitative estimate of drug-likeness (QED) is 0.259. The Morgan fingerprint density at radius 2 is 1.62 bits per heavy atom. The SMILES string of the molecule is [Cl-].[NH3+][C@@H]1[C@@H](O)[C@H](O)[C@@](O)(CO)[C@H]1O. The molecule has 0 unspecified atom stereocenters. The third kappa shape index (κ3) is 1.66. The highest BCUT2D eigenvalue weighted by Crippen LogP contribution is 2.28. The monoisotopic (exact) mass is 215 g/mol. The molecule has 0 saturated heterocycles. The second-order valence-corrected chi connectivity index (χ2v) is 3.19. The summed E-state index contributed by atoms with van der Waals surface area (Å²) in [6, 6.07) is -0.892. The van der Waals surface area contributed by atoms with E-state index in [0.717, 1.165) is 0 Å². The Hall–Kier alpha value is 0.0500. The van der Waals surface area contributed by atoms with Crippen molar-refractivity contribution in [1.29, 1.82) is 0 Å². The summed E-state index contributed by atoms with van der Waals surface area (Å²) in [6.45, 7) is -0.807. The molecular formula is C6H14ClNO5. The zero-order valence-corrected chi connectivity index (χ0v) is 7.59. The molecule has 0 aromatic heterocycles. The third-order valence-corrected chi connectivity index (χ3v) is 2.45. The maximum atomic E-state index is 9.43. The van der Waals surface area contributed by atoms with Crippen LogP contribution in [0.15, 0.2) is 0 Å². The Kier molecular flexibility index (Phi) is 4.07. The van der Waals surface area contributed by atoms with Gasteiger partial charge in [0.05, 0.1) is 6.61 Å². The summed E-state index contributed by atoms with van der Waals surface area (Å²) < 4.78 is 0. The molecule has 1 rings (SSSR count). The van der Waals surface area contributed by atoms with E-state index < -0.39 is 36.6 Å². The lowest BCUT2D eigenvalue weighted by Crippen LogP contribution is -3.00. The first-order chi connectivity index (χ1) is 5.45. The number of aliphatic hydroxyl groups excluding tert-OH is 4. The second-order valence-electron chi connectivity index (χ2n) is 3.19. The lowest BCUT2D eigenvalue weighted by molar-refractivity contribution is -0.450. The Labute approximate surface area is 81.0 Å². The summed E-state index contributed by atoms with van der Waals surface area (Å²) in [4.78, 5) is 0. The zero-order chi connectivity index (χ0) is 9.52. The second kappa shape index (κ2) is 4.05. The molecule has 1 aliphatic carbocycles. The molecule has 0 heterocycles. The Morgan fingerprint density at radius 3 is 1.77 bits per heavy atom. The molecule has 6 nitrogen and oxygen atoms in total. The van der Waals surface area contributed by atoms with E-state index in [1.807, 2.05) is 0 Å². The summed E-state index contributed by atoms with van der Waals surface area (Å²) in [5, 5.41) is 45.7. The van der Waals surface area contributed by atoms with Crippen molar-refractivity contribution in [3.63, 3.8) is 0 Å². The fourth-order valence-electron chi connectivity index (χ4n) is 1.45. The van der Waals surface area contributed by atoms with Gasteiger partial charge in [0.15, 0.2) is 0 Å². The van der Waals surface area contributed by atoms with E-state index >= 15 is 0 Å². The topological polar surface area (TPSA) is 129 Å².